The van der Waals surface area contributed by atoms with Crippen LogP contribution in [0.2, 0.25) is 0 Å². The zero-order chi connectivity index (χ0) is 13.7. The Hall–Kier alpha value is -1.91. The number of anilines is 1. The Morgan fingerprint density at radius 2 is 2.05 bits per heavy atom. The van der Waals surface area contributed by atoms with E-state index >= 15 is 0 Å². The minimum atomic E-state index is -0.186. The van der Waals surface area contributed by atoms with E-state index in [2.05, 4.69) is 10.6 Å². The number of benzene rings is 1. The Morgan fingerprint density at radius 1 is 1.32 bits per heavy atom. The average molecular weight is 263 g/mol. The summed E-state index contributed by atoms with van der Waals surface area (Å²) < 4.78 is 0. The highest BCUT2D eigenvalue weighted by atomic mass is 16.3. The van der Waals surface area contributed by atoms with Crippen molar-refractivity contribution in [1.82, 2.24) is 10.6 Å². The fraction of sp³-hybridized carbons (Fsp3) is 0.500. The first kappa shape index (κ1) is 13.5. The van der Waals surface area contributed by atoms with E-state index in [0.717, 1.165) is 12.8 Å². The number of carbonyl (C=O) groups is 1. The second-order valence-corrected chi connectivity index (χ2v) is 5.05. The van der Waals surface area contributed by atoms with E-state index in [-0.39, 0.29) is 24.4 Å². The van der Waals surface area contributed by atoms with E-state index < -0.39 is 0 Å². The van der Waals surface area contributed by atoms with Crippen molar-refractivity contribution in [3.05, 3.63) is 23.8 Å². The number of aromatic hydroxyl groups is 1. The van der Waals surface area contributed by atoms with Crippen molar-refractivity contribution in [2.24, 2.45) is 0 Å². The number of phenols is 1. The van der Waals surface area contributed by atoms with E-state index in [9.17, 15) is 9.90 Å². The zero-order valence-electron chi connectivity index (χ0n) is 11.0. The monoisotopic (exact) mass is 263 g/mol. The smallest absolute Gasteiger partial charge is 0.315 e. The van der Waals surface area contributed by atoms with Gasteiger partial charge in [0.1, 0.15) is 5.75 Å². The Morgan fingerprint density at radius 3 is 2.79 bits per heavy atom. The van der Waals surface area contributed by atoms with Crippen molar-refractivity contribution in [2.45, 2.75) is 44.7 Å². The molecule has 5 N–H and O–H groups in total. The molecule has 0 radical (unpaired) electrons. The number of nitrogens with one attached hydrogen (secondary N) is 2. The number of phenolic OH excluding ortho intramolecular Hbond substituents is 1. The number of rotatable bonds is 3. The van der Waals surface area contributed by atoms with Crippen LogP contribution in [0.3, 0.4) is 0 Å². The van der Waals surface area contributed by atoms with Crippen molar-refractivity contribution in [3.63, 3.8) is 0 Å². The summed E-state index contributed by atoms with van der Waals surface area (Å²) in [6.07, 6.45) is 5.73. The summed E-state index contributed by atoms with van der Waals surface area (Å²) >= 11 is 0. The topological polar surface area (TPSA) is 87.4 Å². The van der Waals surface area contributed by atoms with Gasteiger partial charge in [-0.05, 0) is 31.0 Å². The van der Waals surface area contributed by atoms with Crippen molar-refractivity contribution in [1.29, 1.82) is 0 Å². The molecule has 0 atom stereocenters. The number of nitrogens with two attached hydrogens (primary N) is 1. The van der Waals surface area contributed by atoms with Crippen molar-refractivity contribution in [2.75, 3.05) is 5.73 Å². The van der Waals surface area contributed by atoms with Crippen LogP contribution in [0, 0.1) is 0 Å². The summed E-state index contributed by atoms with van der Waals surface area (Å²) in [5.41, 5.74) is 6.84. The molecular formula is C14H21N3O2. The lowest BCUT2D eigenvalue weighted by atomic mass is 9.96. The van der Waals surface area contributed by atoms with Gasteiger partial charge in [0.15, 0.2) is 0 Å². The van der Waals surface area contributed by atoms with Crippen LogP contribution >= 0.6 is 0 Å². The summed E-state index contributed by atoms with van der Waals surface area (Å²) in [5.74, 6) is 0.146. The van der Waals surface area contributed by atoms with Gasteiger partial charge >= 0.3 is 6.03 Å². The number of urea groups is 1. The molecule has 1 aliphatic carbocycles. The van der Waals surface area contributed by atoms with E-state index in [1.807, 2.05) is 0 Å². The molecule has 1 aromatic rings. The molecule has 2 amide bonds. The second kappa shape index (κ2) is 6.31. The number of amides is 2. The lowest BCUT2D eigenvalue weighted by Gasteiger charge is -2.22. The van der Waals surface area contributed by atoms with Crippen molar-refractivity contribution in [3.8, 4) is 5.75 Å². The molecule has 19 heavy (non-hydrogen) atoms. The summed E-state index contributed by atoms with van der Waals surface area (Å²) in [4.78, 5) is 11.7. The molecular weight excluding hydrogens is 242 g/mol. The summed E-state index contributed by atoms with van der Waals surface area (Å²) in [6, 6.07) is 4.92. The van der Waals surface area contributed by atoms with Crippen molar-refractivity contribution >= 4 is 11.7 Å². The number of carbonyl (C=O) groups excluding carboxylic acids is 1. The Kier molecular flexibility index (Phi) is 4.49. The van der Waals surface area contributed by atoms with Crippen LogP contribution in [0.5, 0.6) is 5.75 Å². The van der Waals surface area contributed by atoms with Crippen LogP contribution in [0.4, 0.5) is 10.5 Å². The highest BCUT2D eigenvalue weighted by molar-refractivity contribution is 5.74. The molecule has 2 rings (SSSR count). The molecule has 1 aromatic carbocycles. The van der Waals surface area contributed by atoms with Gasteiger partial charge in [-0.3, -0.25) is 0 Å². The van der Waals surface area contributed by atoms with Crippen LogP contribution in [-0.2, 0) is 6.54 Å². The molecule has 1 saturated carbocycles. The highest BCUT2D eigenvalue weighted by Crippen LogP contribution is 2.19. The first-order chi connectivity index (χ1) is 9.15. The number of nitrogen functional groups attached to an aromatic ring is 1. The van der Waals surface area contributed by atoms with Gasteiger partial charge in [-0.15, -0.1) is 0 Å². The predicted molar refractivity (Wildman–Crippen MR) is 74.8 cm³/mol. The zero-order valence-corrected chi connectivity index (χ0v) is 11.0. The highest BCUT2D eigenvalue weighted by Gasteiger charge is 2.15. The van der Waals surface area contributed by atoms with Gasteiger partial charge in [0.25, 0.3) is 0 Å². The third kappa shape index (κ3) is 4.05. The minimum absolute atomic E-state index is 0.146. The number of hydrogen-bond acceptors (Lipinski definition) is 3. The van der Waals surface area contributed by atoms with Gasteiger partial charge < -0.3 is 21.5 Å². The molecule has 0 saturated heterocycles. The lowest BCUT2D eigenvalue weighted by molar-refractivity contribution is 0.232. The fourth-order valence-electron chi connectivity index (χ4n) is 2.41. The van der Waals surface area contributed by atoms with Gasteiger partial charge in [-0.2, -0.15) is 0 Å². The van der Waals surface area contributed by atoms with Gasteiger partial charge in [-0.1, -0.05) is 19.3 Å². The van der Waals surface area contributed by atoms with E-state index in [1.165, 1.54) is 25.3 Å². The molecule has 0 aromatic heterocycles. The third-order valence-corrected chi connectivity index (χ3v) is 3.48. The third-order valence-electron chi connectivity index (χ3n) is 3.48. The van der Waals surface area contributed by atoms with Crippen LogP contribution in [0.15, 0.2) is 18.2 Å². The molecule has 5 heteroatoms. The van der Waals surface area contributed by atoms with Crippen LogP contribution in [0.1, 0.15) is 37.7 Å². The number of hydrogen-bond donors (Lipinski definition) is 4. The standard InChI is InChI=1S/C14H21N3O2/c15-11-6-7-13(18)10(8-11)9-16-14(19)17-12-4-2-1-3-5-12/h6-8,12,18H,1-5,9,15H2,(H2,16,17,19). The fourth-order valence-corrected chi connectivity index (χ4v) is 2.41. The minimum Gasteiger partial charge on any atom is -0.508 e. The van der Waals surface area contributed by atoms with Crippen LogP contribution < -0.4 is 16.4 Å². The first-order valence-corrected chi connectivity index (χ1v) is 6.77. The van der Waals surface area contributed by atoms with E-state index in [4.69, 9.17) is 5.73 Å². The van der Waals surface area contributed by atoms with Gasteiger partial charge in [-0.25, -0.2) is 4.79 Å². The van der Waals surface area contributed by atoms with Crippen LogP contribution in [0.25, 0.3) is 0 Å². The lowest BCUT2D eigenvalue weighted by Crippen LogP contribution is -2.42. The Bertz CT molecular complexity index is 442. The van der Waals surface area contributed by atoms with Crippen molar-refractivity contribution < 1.29 is 9.90 Å². The van der Waals surface area contributed by atoms with E-state index in [0.29, 0.717) is 11.3 Å². The van der Waals surface area contributed by atoms with Gasteiger partial charge in [0.2, 0.25) is 0 Å². The van der Waals surface area contributed by atoms with Crippen LogP contribution in [-0.4, -0.2) is 17.2 Å². The molecule has 1 fully saturated rings. The molecule has 0 unspecified atom stereocenters. The molecule has 0 bridgehead atoms. The maximum atomic E-state index is 11.7. The average Bonchev–Trinajstić information content (AvgIpc) is 2.41. The summed E-state index contributed by atoms with van der Waals surface area (Å²) in [6.45, 7) is 0.273. The van der Waals surface area contributed by atoms with E-state index in [1.54, 1.807) is 12.1 Å². The maximum Gasteiger partial charge on any atom is 0.315 e. The SMILES string of the molecule is Nc1ccc(O)c(CNC(=O)NC2CCCCC2)c1. The summed E-state index contributed by atoms with van der Waals surface area (Å²) in [7, 11) is 0. The quantitative estimate of drug-likeness (QED) is 0.497. The Balaban J connectivity index is 1.81. The molecule has 1 aliphatic rings. The largest absolute Gasteiger partial charge is 0.508 e. The maximum absolute atomic E-state index is 11.7. The molecule has 0 heterocycles. The molecule has 5 nitrogen and oxygen atoms in total. The van der Waals surface area contributed by atoms with Gasteiger partial charge in [0.05, 0.1) is 0 Å². The summed E-state index contributed by atoms with van der Waals surface area (Å²) in [5, 5.41) is 15.4. The first-order valence-electron chi connectivity index (χ1n) is 6.77. The second-order valence-electron chi connectivity index (χ2n) is 5.05. The molecule has 0 aliphatic heterocycles. The Labute approximate surface area is 113 Å². The normalized spacial score (nSPS) is 16.0. The van der Waals surface area contributed by atoms with Gasteiger partial charge in [0, 0.05) is 23.8 Å². The predicted octanol–water partition coefficient (Wildman–Crippen LogP) is 2.11. The molecule has 104 valence electrons. The molecule has 0 spiro atoms.